The van der Waals surface area contributed by atoms with E-state index in [1.54, 1.807) is 6.07 Å². The lowest BCUT2D eigenvalue weighted by molar-refractivity contribution is -0.384. The molecular formula is C15H18N4O2. The van der Waals surface area contributed by atoms with Crippen LogP contribution in [0.4, 0.5) is 17.2 Å². The van der Waals surface area contributed by atoms with Crippen molar-refractivity contribution in [1.82, 2.24) is 4.98 Å². The molecule has 1 aromatic carbocycles. The Morgan fingerprint density at radius 1 is 1.19 bits per heavy atom. The number of nitrogens with zero attached hydrogens (tertiary/aromatic N) is 2. The Bertz CT molecular complexity index is 599. The smallest absolute Gasteiger partial charge is 0.311 e. The highest BCUT2D eigenvalue weighted by atomic mass is 16.6. The van der Waals surface area contributed by atoms with Gasteiger partial charge in [0.1, 0.15) is 0 Å². The molecule has 110 valence electrons. The standard InChI is InChI=1S/C15H18N4O2/c1-2-9-16-13-7-5-12(6-8-13)11-18-15-14(19(20)21)4-3-10-17-15/h3-8,10,16H,2,9,11H2,1H3,(H,17,18). The highest BCUT2D eigenvalue weighted by molar-refractivity contribution is 5.55. The number of aromatic nitrogens is 1. The molecule has 0 unspecified atom stereocenters. The molecule has 2 rings (SSSR count). The van der Waals surface area contributed by atoms with Crippen molar-refractivity contribution in [2.24, 2.45) is 0 Å². The maximum atomic E-state index is 10.9. The molecule has 0 fully saturated rings. The summed E-state index contributed by atoms with van der Waals surface area (Å²) < 4.78 is 0. The number of nitro groups is 1. The van der Waals surface area contributed by atoms with Crippen LogP contribution in [-0.4, -0.2) is 16.5 Å². The van der Waals surface area contributed by atoms with Crippen LogP contribution < -0.4 is 10.6 Å². The van der Waals surface area contributed by atoms with Crippen LogP contribution in [0.5, 0.6) is 0 Å². The zero-order valence-electron chi connectivity index (χ0n) is 11.9. The third-order valence-electron chi connectivity index (χ3n) is 2.98. The second-order valence-corrected chi connectivity index (χ2v) is 4.61. The van der Waals surface area contributed by atoms with Gasteiger partial charge in [0, 0.05) is 31.0 Å². The molecule has 21 heavy (non-hydrogen) atoms. The van der Waals surface area contributed by atoms with Crippen LogP contribution in [0.1, 0.15) is 18.9 Å². The molecule has 0 aliphatic rings. The van der Waals surface area contributed by atoms with Crippen molar-refractivity contribution >= 4 is 17.2 Å². The van der Waals surface area contributed by atoms with Crippen LogP contribution >= 0.6 is 0 Å². The van der Waals surface area contributed by atoms with Crippen molar-refractivity contribution in [3.8, 4) is 0 Å². The highest BCUT2D eigenvalue weighted by Crippen LogP contribution is 2.21. The molecule has 6 heteroatoms. The number of nitrogens with one attached hydrogen (secondary N) is 2. The van der Waals surface area contributed by atoms with E-state index >= 15 is 0 Å². The lowest BCUT2D eigenvalue weighted by atomic mass is 10.2. The molecular weight excluding hydrogens is 268 g/mol. The van der Waals surface area contributed by atoms with Gasteiger partial charge in [-0.1, -0.05) is 19.1 Å². The first-order chi connectivity index (χ1) is 10.2. The Morgan fingerprint density at radius 2 is 1.95 bits per heavy atom. The molecule has 1 aromatic heterocycles. The summed E-state index contributed by atoms with van der Waals surface area (Å²) >= 11 is 0. The molecule has 2 N–H and O–H groups in total. The fourth-order valence-electron chi connectivity index (χ4n) is 1.88. The summed E-state index contributed by atoms with van der Waals surface area (Å²) in [5, 5.41) is 17.2. The van der Waals surface area contributed by atoms with E-state index in [4.69, 9.17) is 0 Å². The maximum absolute atomic E-state index is 10.9. The lowest BCUT2D eigenvalue weighted by Gasteiger charge is -2.08. The molecule has 6 nitrogen and oxygen atoms in total. The Labute approximate surface area is 123 Å². The van der Waals surface area contributed by atoms with Crippen molar-refractivity contribution in [2.45, 2.75) is 19.9 Å². The highest BCUT2D eigenvalue weighted by Gasteiger charge is 2.13. The average molecular weight is 286 g/mol. The molecule has 1 heterocycles. The van der Waals surface area contributed by atoms with E-state index in [-0.39, 0.29) is 11.5 Å². The number of pyridine rings is 1. The van der Waals surface area contributed by atoms with Gasteiger partial charge in [0.05, 0.1) is 4.92 Å². The normalized spacial score (nSPS) is 10.1. The van der Waals surface area contributed by atoms with Crippen molar-refractivity contribution in [3.05, 3.63) is 58.3 Å². The number of anilines is 2. The summed E-state index contributed by atoms with van der Waals surface area (Å²) in [5.41, 5.74) is 2.10. The van der Waals surface area contributed by atoms with Gasteiger partial charge in [0.25, 0.3) is 0 Å². The minimum atomic E-state index is -0.437. The van der Waals surface area contributed by atoms with Crippen LogP contribution in [0.2, 0.25) is 0 Å². The van der Waals surface area contributed by atoms with Gasteiger partial charge in [-0.3, -0.25) is 10.1 Å². The lowest BCUT2D eigenvalue weighted by Crippen LogP contribution is -2.05. The summed E-state index contributed by atoms with van der Waals surface area (Å²) in [4.78, 5) is 14.5. The first-order valence-corrected chi connectivity index (χ1v) is 6.87. The minimum absolute atomic E-state index is 0.0151. The van der Waals surface area contributed by atoms with Gasteiger partial charge in [-0.25, -0.2) is 4.98 Å². The van der Waals surface area contributed by atoms with Gasteiger partial charge in [-0.15, -0.1) is 0 Å². The Hall–Kier alpha value is -2.63. The number of benzene rings is 1. The van der Waals surface area contributed by atoms with Crippen LogP contribution in [0, 0.1) is 10.1 Å². The second kappa shape index (κ2) is 7.23. The molecule has 0 bridgehead atoms. The van der Waals surface area contributed by atoms with E-state index in [0.29, 0.717) is 6.54 Å². The summed E-state index contributed by atoms with van der Waals surface area (Å²) in [7, 11) is 0. The predicted octanol–water partition coefficient (Wildman–Crippen LogP) is 3.42. The first-order valence-electron chi connectivity index (χ1n) is 6.87. The van der Waals surface area contributed by atoms with Gasteiger partial charge in [0.2, 0.25) is 5.82 Å². The van der Waals surface area contributed by atoms with Crippen molar-refractivity contribution in [1.29, 1.82) is 0 Å². The maximum Gasteiger partial charge on any atom is 0.311 e. The van der Waals surface area contributed by atoms with E-state index in [1.165, 1.54) is 12.3 Å². The van der Waals surface area contributed by atoms with Gasteiger partial charge < -0.3 is 10.6 Å². The molecule has 0 aliphatic carbocycles. The summed E-state index contributed by atoms with van der Waals surface area (Å²) in [5.74, 6) is 0.288. The monoisotopic (exact) mass is 286 g/mol. The van der Waals surface area contributed by atoms with E-state index < -0.39 is 4.92 Å². The third-order valence-corrected chi connectivity index (χ3v) is 2.98. The van der Waals surface area contributed by atoms with E-state index in [9.17, 15) is 10.1 Å². The summed E-state index contributed by atoms with van der Waals surface area (Å²) in [6, 6.07) is 11.0. The Morgan fingerprint density at radius 3 is 2.62 bits per heavy atom. The molecule has 0 saturated carbocycles. The van der Waals surface area contributed by atoms with Gasteiger partial charge >= 0.3 is 5.69 Å². The summed E-state index contributed by atoms with van der Waals surface area (Å²) in [6.07, 6.45) is 2.61. The summed E-state index contributed by atoms with van der Waals surface area (Å²) in [6.45, 7) is 3.55. The van der Waals surface area contributed by atoms with Crippen LogP contribution in [0.25, 0.3) is 0 Å². The predicted molar refractivity (Wildman–Crippen MR) is 83.4 cm³/mol. The Balaban J connectivity index is 1.98. The van der Waals surface area contributed by atoms with Crippen LogP contribution in [0.3, 0.4) is 0 Å². The van der Waals surface area contributed by atoms with Crippen molar-refractivity contribution < 1.29 is 4.92 Å². The molecule has 0 amide bonds. The van der Waals surface area contributed by atoms with Gasteiger partial charge in [-0.05, 0) is 30.2 Å². The molecule has 0 atom stereocenters. The second-order valence-electron chi connectivity index (χ2n) is 4.61. The number of rotatable bonds is 7. The fourth-order valence-corrected chi connectivity index (χ4v) is 1.88. The van der Waals surface area contributed by atoms with E-state index in [1.807, 2.05) is 24.3 Å². The molecule has 0 aliphatic heterocycles. The fraction of sp³-hybridized carbons (Fsp3) is 0.267. The van der Waals surface area contributed by atoms with Gasteiger partial charge in [0.15, 0.2) is 0 Å². The molecule has 0 saturated heterocycles. The van der Waals surface area contributed by atoms with E-state index in [2.05, 4.69) is 22.5 Å². The third kappa shape index (κ3) is 4.17. The molecule has 0 spiro atoms. The van der Waals surface area contributed by atoms with Crippen molar-refractivity contribution in [2.75, 3.05) is 17.2 Å². The number of hydrogen-bond donors (Lipinski definition) is 2. The average Bonchev–Trinajstić information content (AvgIpc) is 2.52. The largest absolute Gasteiger partial charge is 0.385 e. The van der Waals surface area contributed by atoms with Crippen molar-refractivity contribution in [3.63, 3.8) is 0 Å². The van der Waals surface area contributed by atoms with E-state index in [0.717, 1.165) is 24.2 Å². The van der Waals surface area contributed by atoms with Crippen LogP contribution in [-0.2, 0) is 6.54 Å². The quantitative estimate of drug-likeness (QED) is 0.602. The first kappa shape index (κ1) is 14.8. The molecule has 2 aromatic rings. The van der Waals surface area contributed by atoms with Gasteiger partial charge in [-0.2, -0.15) is 0 Å². The molecule has 0 radical (unpaired) electrons. The SMILES string of the molecule is CCCNc1ccc(CNc2ncccc2[N+](=O)[O-])cc1. The number of hydrogen-bond acceptors (Lipinski definition) is 5. The zero-order valence-corrected chi connectivity index (χ0v) is 11.9. The topological polar surface area (TPSA) is 80.1 Å². The zero-order chi connectivity index (χ0) is 15.1. The minimum Gasteiger partial charge on any atom is -0.385 e. The van der Waals surface area contributed by atoms with Crippen LogP contribution in [0.15, 0.2) is 42.6 Å². The Kier molecular flexibility index (Phi) is 5.09.